The van der Waals surface area contributed by atoms with Crippen molar-refractivity contribution in [1.82, 2.24) is 20.0 Å². The highest BCUT2D eigenvalue weighted by Crippen LogP contribution is 2.07. The second-order valence-electron chi connectivity index (χ2n) is 4.99. The normalized spacial score (nSPS) is 18.9. The van der Waals surface area contributed by atoms with Gasteiger partial charge in [0.1, 0.15) is 0 Å². The van der Waals surface area contributed by atoms with Crippen LogP contribution in [-0.2, 0) is 6.54 Å². The lowest BCUT2D eigenvalue weighted by Crippen LogP contribution is -2.38. The van der Waals surface area contributed by atoms with Gasteiger partial charge >= 0.3 is 0 Å². The molecule has 5 nitrogen and oxygen atoms in total. The number of rotatable bonds is 7. The zero-order valence-electron chi connectivity index (χ0n) is 11.0. The lowest BCUT2D eigenvalue weighted by molar-refractivity contribution is 0.144. The number of nitrogens with one attached hydrogen (secondary N) is 1. The monoisotopic (exact) mass is 252 g/mol. The summed E-state index contributed by atoms with van der Waals surface area (Å²) in [6.07, 6.45) is 7.29. The van der Waals surface area contributed by atoms with Crippen LogP contribution in [0.4, 0.5) is 0 Å². The Morgan fingerprint density at radius 3 is 2.83 bits per heavy atom. The van der Waals surface area contributed by atoms with E-state index in [0.717, 1.165) is 13.1 Å². The van der Waals surface area contributed by atoms with Crippen LogP contribution in [0.5, 0.6) is 0 Å². The van der Waals surface area contributed by atoms with Gasteiger partial charge < -0.3 is 15.3 Å². The van der Waals surface area contributed by atoms with E-state index in [2.05, 4.69) is 15.3 Å². The van der Waals surface area contributed by atoms with Gasteiger partial charge in [-0.2, -0.15) is 5.10 Å². The Labute approximate surface area is 109 Å². The number of aliphatic hydroxyl groups excluding tert-OH is 1. The van der Waals surface area contributed by atoms with Gasteiger partial charge in [-0.05, 0) is 32.0 Å². The molecule has 1 aliphatic rings. The Morgan fingerprint density at radius 2 is 2.11 bits per heavy atom. The summed E-state index contributed by atoms with van der Waals surface area (Å²) in [5.74, 6) is 0. The van der Waals surface area contributed by atoms with E-state index < -0.39 is 0 Å². The molecule has 1 atom stereocenters. The molecule has 1 aliphatic heterocycles. The summed E-state index contributed by atoms with van der Waals surface area (Å²) in [5, 5.41) is 17.2. The predicted molar refractivity (Wildman–Crippen MR) is 71.4 cm³/mol. The maximum absolute atomic E-state index is 9.82. The molecule has 1 saturated heterocycles. The minimum Gasteiger partial charge on any atom is -0.390 e. The van der Waals surface area contributed by atoms with Crippen molar-refractivity contribution < 1.29 is 5.11 Å². The Morgan fingerprint density at radius 1 is 1.28 bits per heavy atom. The first-order valence-electron chi connectivity index (χ1n) is 6.93. The molecule has 5 heteroatoms. The summed E-state index contributed by atoms with van der Waals surface area (Å²) < 4.78 is 1.76. The molecule has 2 rings (SSSR count). The third kappa shape index (κ3) is 4.76. The minimum atomic E-state index is -0.369. The van der Waals surface area contributed by atoms with E-state index in [0.29, 0.717) is 13.1 Å². The smallest absolute Gasteiger partial charge is 0.0860 e. The lowest BCUT2D eigenvalue weighted by atomic mass is 10.1. The van der Waals surface area contributed by atoms with Gasteiger partial charge in [-0.25, -0.2) is 0 Å². The molecule has 0 spiro atoms. The van der Waals surface area contributed by atoms with Crippen molar-refractivity contribution in [3.63, 3.8) is 0 Å². The molecule has 2 heterocycles. The van der Waals surface area contributed by atoms with Gasteiger partial charge in [0.2, 0.25) is 0 Å². The van der Waals surface area contributed by atoms with Gasteiger partial charge in [0.15, 0.2) is 0 Å². The van der Waals surface area contributed by atoms with Crippen LogP contribution in [0.3, 0.4) is 0 Å². The topological polar surface area (TPSA) is 53.3 Å². The van der Waals surface area contributed by atoms with Crippen LogP contribution in [0.2, 0.25) is 0 Å². The molecule has 1 fully saturated rings. The fraction of sp³-hybridized carbons (Fsp3) is 0.769. The van der Waals surface area contributed by atoms with Gasteiger partial charge in [0.25, 0.3) is 0 Å². The second kappa shape index (κ2) is 7.51. The van der Waals surface area contributed by atoms with Gasteiger partial charge in [-0.1, -0.05) is 6.42 Å². The Bertz CT molecular complexity index is 309. The standard InChI is InChI=1S/C13H24N4O/c18-13(12-17-9-4-5-15-17)11-14-6-10-16-7-2-1-3-8-16/h4-5,9,13-14,18H,1-3,6-8,10-12H2. The number of likely N-dealkylation sites (tertiary alicyclic amines) is 1. The average Bonchev–Trinajstić information content (AvgIpc) is 2.89. The third-order valence-corrected chi connectivity index (χ3v) is 3.39. The molecule has 0 aromatic carbocycles. The molecule has 1 aromatic rings. The largest absolute Gasteiger partial charge is 0.390 e. The summed E-state index contributed by atoms with van der Waals surface area (Å²) in [5.41, 5.74) is 0. The van der Waals surface area contributed by atoms with Gasteiger partial charge in [-0.15, -0.1) is 0 Å². The Kier molecular flexibility index (Phi) is 5.64. The molecule has 1 aromatic heterocycles. The Hall–Kier alpha value is -0.910. The van der Waals surface area contributed by atoms with Crippen molar-refractivity contribution in [2.75, 3.05) is 32.7 Å². The quantitative estimate of drug-likeness (QED) is 0.686. The second-order valence-corrected chi connectivity index (χ2v) is 4.99. The molecule has 0 bridgehead atoms. The van der Waals surface area contributed by atoms with Crippen LogP contribution in [0.25, 0.3) is 0 Å². The number of nitrogens with zero attached hydrogens (tertiary/aromatic N) is 3. The molecular weight excluding hydrogens is 228 g/mol. The van der Waals surface area contributed by atoms with Gasteiger partial charge in [-0.3, -0.25) is 4.68 Å². The fourth-order valence-electron chi connectivity index (χ4n) is 2.38. The molecule has 0 radical (unpaired) electrons. The number of piperidine rings is 1. The number of aromatic nitrogens is 2. The summed E-state index contributed by atoms with van der Waals surface area (Å²) in [7, 11) is 0. The summed E-state index contributed by atoms with van der Waals surface area (Å²) in [6, 6.07) is 1.87. The molecule has 102 valence electrons. The SMILES string of the molecule is OC(CNCCN1CCCCC1)Cn1cccn1. The molecule has 0 saturated carbocycles. The van der Waals surface area contributed by atoms with Crippen LogP contribution in [0.15, 0.2) is 18.5 Å². The molecule has 2 N–H and O–H groups in total. The maximum Gasteiger partial charge on any atom is 0.0860 e. The molecule has 18 heavy (non-hydrogen) atoms. The first-order valence-corrected chi connectivity index (χ1v) is 6.93. The van der Waals surface area contributed by atoms with Crippen LogP contribution >= 0.6 is 0 Å². The fourth-order valence-corrected chi connectivity index (χ4v) is 2.38. The predicted octanol–water partition coefficient (Wildman–Crippen LogP) is 0.319. The molecule has 0 amide bonds. The number of aliphatic hydroxyl groups is 1. The van der Waals surface area contributed by atoms with Crippen molar-refractivity contribution in [3.05, 3.63) is 18.5 Å². The third-order valence-electron chi connectivity index (χ3n) is 3.39. The van der Waals surface area contributed by atoms with Crippen molar-refractivity contribution in [3.8, 4) is 0 Å². The highest BCUT2D eigenvalue weighted by molar-refractivity contribution is 4.78. The van der Waals surface area contributed by atoms with Crippen molar-refractivity contribution >= 4 is 0 Å². The van der Waals surface area contributed by atoms with Crippen molar-refractivity contribution in [1.29, 1.82) is 0 Å². The minimum absolute atomic E-state index is 0.369. The van der Waals surface area contributed by atoms with Gasteiger partial charge in [0.05, 0.1) is 12.6 Å². The molecular formula is C13H24N4O. The van der Waals surface area contributed by atoms with E-state index in [1.165, 1.54) is 32.4 Å². The van der Waals surface area contributed by atoms with Crippen LogP contribution in [-0.4, -0.2) is 58.6 Å². The zero-order valence-corrected chi connectivity index (χ0v) is 11.0. The summed E-state index contributed by atoms with van der Waals surface area (Å²) in [6.45, 7) is 5.71. The van der Waals surface area contributed by atoms with Gasteiger partial charge in [0, 0.05) is 32.0 Å². The summed E-state index contributed by atoms with van der Waals surface area (Å²) >= 11 is 0. The van der Waals surface area contributed by atoms with E-state index in [1.807, 2.05) is 12.3 Å². The van der Waals surface area contributed by atoms with E-state index in [9.17, 15) is 5.11 Å². The Balaban J connectivity index is 1.52. The van der Waals surface area contributed by atoms with Crippen LogP contribution in [0, 0.1) is 0 Å². The van der Waals surface area contributed by atoms with Crippen molar-refractivity contribution in [2.24, 2.45) is 0 Å². The van der Waals surface area contributed by atoms with E-state index >= 15 is 0 Å². The van der Waals surface area contributed by atoms with Crippen molar-refractivity contribution in [2.45, 2.75) is 31.9 Å². The summed E-state index contributed by atoms with van der Waals surface area (Å²) in [4.78, 5) is 2.50. The highest BCUT2D eigenvalue weighted by atomic mass is 16.3. The van der Waals surface area contributed by atoms with Crippen LogP contribution < -0.4 is 5.32 Å². The maximum atomic E-state index is 9.82. The number of hydrogen-bond acceptors (Lipinski definition) is 4. The highest BCUT2D eigenvalue weighted by Gasteiger charge is 2.09. The average molecular weight is 252 g/mol. The van der Waals surface area contributed by atoms with Crippen LogP contribution in [0.1, 0.15) is 19.3 Å². The molecule has 1 unspecified atom stereocenters. The van der Waals surface area contributed by atoms with E-state index in [-0.39, 0.29) is 6.10 Å². The molecule has 0 aliphatic carbocycles. The first kappa shape index (κ1) is 13.5. The lowest BCUT2D eigenvalue weighted by Gasteiger charge is -2.26. The van der Waals surface area contributed by atoms with E-state index in [1.54, 1.807) is 10.9 Å². The number of hydrogen-bond donors (Lipinski definition) is 2. The zero-order chi connectivity index (χ0) is 12.6. The van der Waals surface area contributed by atoms with E-state index in [4.69, 9.17) is 0 Å². The first-order chi connectivity index (χ1) is 8.84.